The van der Waals surface area contributed by atoms with Gasteiger partial charge in [0.05, 0.1) is 5.03 Å². The Morgan fingerprint density at radius 3 is 2.17 bits per heavy atom. The Hall–Kier alpha value is -2.32. The number of hydrogen-bond donors (Lipinski definition) is 0. The molecular formula is C21H19ClO2. The molecule has 3 heteroatoms. The van der Waals surface area contributed by atoms with Crippen LogP contribution in [0.4, 0.5) is 0 Å². The van der Waals surface area contributed by atoms with Gasteiger partial charge in [0, 0.05) is 17.2 Å². The van der Waals surface area contributed by atoms with Crippen LogP contribution in [-0.4, -0.2) is 11.6 Å². The molecule has 0 heterocycles. The third-order valence-corrected chi connectivity index (χ3v) is 4.07. The molecule has 2 aromatic carbocycles. The third kappa shape index (κ3) is 3.29. The number of allylic oxidation sites excluding steroid dienone is 2. The van der Waals surface area contributed by atoms with E-state index in [9.17, 15) is 4.79 Å². The largest absolute Gasteiger partial charge is 0.457 e. The van der Waals surface area contributed by atoms with Crippen LogP contribution in [0.25, 0.3) is 16.2 Å². The Balaban J connectivity index is 2.12. The number of esters is 1. The number of hydrogen-bond acceptors (Lipinski definition) is 2. The molecule has 1 aliphatic carbocycles. The second kappa shape index (κ2) is 6.29. The summed E-state index contributed by atoms with van der Waals surface area (Å²) < 4.78 is 5.45. The van der Waals surface area contributed by atoms with Crippen molar-refractivity contribution in [3.8, 4) is 0 Å². The van der Waals surface area contributed by atoms with Crippen LogP contribution in [0.3, 0.4) is 0 Å². The fraction of sp³-hybridized carbons (Fsp3) is 0.190. The number of rotatable bonds is 2. The van der Waals surface area contributed by atoms with E-state index in [2.05, 4.69) is 0 Å². The Morgan fingerprint density at radius 2 is 1.54 bits per heavy atom. The minimum absolute atomic E-state index is 0.368. The highest BCUT2D eigenvalue weighted by atomic mass is 35.5. The first-order chi connectivity index (χ1) is 11.4. The first-order valence-corrected chi connectivity index (χ1v) is 8.24. The van der Waals surface area contributed by atoms with Crippen molar-refractivity contribution in [2.45, 2.75) is 26.4 Å². The Morgan fingerprint density at radius 1 is 0.958 bits per heavy atom. The van der Waals surface area contributed by atoms with Gasteiger partial charge in [0.25, 0.3) is 0 Å². The van der Waals surface area contributed by atoms with Crippen molar-refractivity contribution in [1.29, 1.82) is 0 Å². The number of halogens is 1. The lowest BCUT2D eigenvalue weighted by atomic mass is 9.97. The maximum atomic E-state index is 12.3. The van der Waals surface area contributed by atoms with E-state index in [0.29, 0.717) is 5.03 Å². The molecule has 0 bridgehead atoms. The van der Waals surface area contributed by atoms with E-state index in [4.69, 9.17) is 16.3 Å². The van der Waals surface area contributed by atoms with Gasteiger partial charge in [-0.3, -0.25) is 0 Å². The van der Waals surface area contributed by atoms with E-state index in [1.54, 1.807) is 6.08 Å². The highest BCUT2D eigenvalue weighted by Gasteiger charge is 2.27. The van der Waals surface area contributed by atoms with E-state index in [0.717, 1.165) is 27.8 Å². The molecule has 0 fully saturated rings. The van der Waals surface area contributed by atoms with Gasteiger partial charge >= 0.3 is 5.97 Å². The van der Waals surface area contributed by atoms with Gasteiger partial charge in [0.15, 0.2) is 0 Å². The quantitative estimate of drug-likeness (QED) is 0.531. The van der Waals surface area contributed by atoms with E-state index in [1.807, 2.05) is 75.4 Å². The van der Waals surface area contributed by atoms with Gasteiger partial charge in [-0.25, -0.2) is 4.79 Å². The number of benzene rings is 2. The first kappa shape index (κ1) is 16.5. The Kier molecular flexibility index (Phi) is 4.33. The standard InChI is InChI=1S/C21H19ClO2/c1-21(2,3)24-18(23)13-17-15-11-7-8-12-16(15)20(22)19(17)14-9-5-4-6-10-14/h4-13H,1-3H3/b17-13+. The van der Waals surface area contributed by atoms with Gasteiger partial charge in [0.1, 0.15) is 5.60 Å². The smallest absolute Gasteiger partial charge is 0.331 e. The van der Waals surface area contributed by atoms with E-state index in [1.165, 1.54) is 0 Å². The minimum Gasteiger partial charge on any atom is -0.457 e. The molecular weight excluding hydrogens is 320 g/mol. The highest BCUT2D eigenvalue weighted by molar-refractivity contribution is 6.57. The van der Waals surface area contributed by atoms with Crippen LogP contribution in [0.2, 0.25) is 0 Å². The third-order valence-electron chi connectivity index (χ3n) is 3.67. The molecule has 0 amide bonds. The fourth-order valence-electron chi connectivity index (χ4n) is 2.78. The molecule has 0 aromatic heterocycles. The zero-order valence-electron chi connectivity index (χ0n) is 14.0. The van der Waals surface area contributed by atoms with Crippen LogP contribution < -0.4 is 0 Å². The van der Waals surface area contributed by atoms with Crippen LogP contribution in [0.1, 0.15) is 37.5 Å². The van der Waals surface area contributed by atoms with Crippen LogP contribution in [0, 0.1) is 0 Å². The molecule has 0 saturated carbocycles. The first-order valence-electron chi connectivity index (χ1n) is 7.87. The van der Waals surface area contributed by atoms with Crippen LogP contribution in [0.15, 0.2) is 60.7 Å². The minimum atomic E-state index is -0.535. The summed E-state index contributed by atoms with van der Waals surface area (Å²) >= 11 is 6.64. The molecule has 3 rings (SSSR count). The molecule has 2 nitrogen and oxygen atoms in total. The summed E-state index contributed by atoms with van der Waals surface area (Å²) in [4.78, 5) is 12.3. The van der Waals surface area contributed by atoms with E-state index < -0.39 is 5.60 Å². The van der Waals surface area contributed by atoms with Crippen LogP contribution >= 0.6 is 11.6 Å². The second-order valence-corrected chi connectivity index (χ2v) is 7.07. The van der Waals surface area contributed by atoms with Crippen molar-refractivity contribution < 1.29 is 9.53 Å². The predicted molar refractivity (Wildman–Crippen MR) is 99.4 cm³/mol. The van der Waals surface area contributed by atoms with Crippen LogP contribution in [0.5, 0.6) is 0 Å². The number of ether oxygens (including phenoxy) is 1. The molecule has 0 unspecified atom stereocenters. The average molecular weight is 339 g/mol. The van der Waals surface area contributed by atoms with E-state index in [-0.39, 0.29) is 5.97 Å². The highest BCUT2D eigenvalue weighted by Crippen LogP contribution is 2.48. The molecule has 2 aromatic rings. The van der Waals surface area contributed by atoms with Gasteiger partial charge in [-0.1, -0.05) is 66.2 Å². The average Bonchev–Trinajstić information content (AvgIpc) is 2.79. The van der Waals surface area contributed by atoms with Gasteiger partial charge in [-0.15, -0.1) is 0 Å². The van der Waals surface area contributed by atoms with Crippen LogP contribution in [-0.2, 0) is 9.53 Å². The van der Waals surface area contributed by atoms with Crippen molar-refractivity contribution in [2.24, 2.45) is 0 Å². The zero-order chi connectivity index (χ0) is 17.3. The van der Waals surface area contributed by atoms with Crippen molar-refractivity contribution in [3.05, 3.63) is 77.4 Å². The summed E-state index contributed by atoms with van der Waals surface area (Å²) in [7, 11) is 0. The molecule has 0 saturated heterocycles. The summed E-state index contributed by atoms with van der Waals surface area (Å²) in [5.41, 5.74) is 4.00. The maximum absolute atomic E-state index is 12.3. The summed E-state index contributed by atoms with van der Waals surface area (Å²) in [6.07, 6.45) is 1.54. The molecule has 0 atom stereocenters. The maximum Gasteiger partial charge on any atom is 0.331 e. The molecule has 0 radical (unpaired) electrons. The summed E-state index contributed by atoms with van der Waals surface area (Å²) in [6, 6.07) is 17.7. The molecule has 0 aliphatic heterocycles. The molecule has 0 spiro atoms. The SMILES string of the molecule is CC(C)(C)OC(=O)/C=C1/C(c2ccccc2)=C(Cl)c2ccccc21. The van der Waals surface area contributed by atoms with Gasteiger partial charge < -0.3 is 4.74 Å². The number of fused-ring (bicyclic) bond motifs is 1. The zero-order valence-corrected chi connectivity index (χ0v) is 14.7. The monoisotopic (exact) mass is 338 g/mol. The predicted octanol–water partition coefficient (Wildman–Crippen LogP) is 5.53. The lowest BCUT2D eigenvalue weighted by Crippen LogP contribution is -2.22. The van der Waals surface area contributed by atoms with Crippen molar-refractivity contribution >= 4 is 33.7 Å². The normalized spacial score (nSPS) is 15.6. The molecule has 122 valence electrons. The van der Waals surface area contributed by atoms with Gasteiger partial charge in [-0.2, -0.15) is 0 Å². The van der Waals surface area contributed by atoms with Gasteiger partial charge in [0.2, 0.25) is 0 Å². The Bertz CT molecular complexity index is 840. The molecule has 24 heavy (non-hydrogen) atoms. The lowest BCUT2D eigenvalue weighted by molar-refractivity contribution is -0.148. The molecule has 0 N–H and O–H groups in total. The molecule has 1 aliphatic rings. The number of carbonyl (C=O) groups is 1. The van der Waals surface area contributed by atoms with E-state index >= 15 is 0 Å². The summed E-state index contributed by atoms with van der Waals surface area (Å²) in [5.74, 6) is -0.368. The van der Waals surface area contributed by atoms with Crippen molar-refractivity contribution in [1.82, 2.24) is 0 Å². The number of carbonyl (C=O) groups excluding carboxylic acids is 1. The Labute approximate surface area is 147 Å². The second-order valence-electron chi connectivity index (χ2n) is 6.69. The lowest BCUT2D eigenvalue weighted by Gasteiger charge is -2.18. The van der Waals surface area contributed by atoms with Crippen molar-refractivity contribution in [3.63, 3.8) is 0 Å². The summed E-state index contributed by atoms with van der Waals surface area (Å²) in [5, 5.41) is 0.659. The summed E-state index contributed by atoms with van der Waals surface area (Å²) in [6.45, 7) is 5.56. The fourth-order valence-corrected chi connectivity index (χ4v) is 3.16. The van der Waals surface area contributed by atoms with Gasteiger partial charge in [-0.05, 0) is 37.5 Å². The topological polar surface area (TPSA) is 26.3 Å². The van der Waals surface area contributed by atoms with Crippen molar-refractivity contribution in [2.75, 3.05) is 0 Å².